The largest absolute Gasteiger partial charge is 0.445 e. The molecule has 30 heavy (non-hydrogen) atoms. The van der Waals surface area contributed by atoms with E-state index in [9.17, 15) is 14.9 Å². The van der Waals surface area contributed by atoms with E-state index in [4.69, 9.17) is 21.1 Å². The van der Waals surface area contributed by atoms with E-state index in [1.807, 2.05) is 12.1 Å². The van der Waals surface area contributed by atoms with Crippen LogP contribution in [-0.2, 0) is 11.3 Å². The molecule has 1 amide bonds. The molecule has 2 aromatic rings. The molecule has 1 aromatic carbocycles. The maximum Gasteiger partial charge on any atom is 0.415 e. The Morgan fingerprint density at radius 3 is 2.70 bits per heavy atom. The fraction of sp³-hybridized carbons (Fsp3) is 0.500. The molecule has 1 saturated carbocycles. The van der Waals surface area contributed by atoms with E-state index in [-0.39, 0.29) is 24.5 Å². The van der Waals surface area contributed by atoms with Gasteiger partial charge in [-0.15, -0.1) is 0 Å². The van der Waals surface area contributed by atoms with E-state index in [1.165, 1.54) is 12.6 Å². The Hall–Kier alpha value is -2.81. The van der Waals surface area contributed by atoms with Crippen molar-refractivity contribution >= 4 is 29.2 Å². The van der Waals surface area contributed by atoms with E-state index >= 15 is 0 Å². The van der Waals surface area contributed by atoms with Crippen molar-refractivity contribution in [1.29, 1.82) is 0 Å². The van der Waals surface area contributed by atoms with Crippen molar-refractivity contribution < 1.29 is 19.2 Å². The number of nitro groups is 1. The molecule has 1 unspecified atom stereocenters. The van der Waals surface area contributed by atoms with Crippen LogP contribution in [0, 0.1) is 10.1 Å². The molecule has 10 heteroatoms. The van der Waals surface area contributed by atoms with Gasteiger partial charge < -0.3 is 19.6 Å². The highest BCUT2D eigenvalue weighted by Crippen LogP contribution is 2.32. The Morgan fingerprint density at radius 1 is 1.37 bits per heavy atom. The van der Waals surface area contributed by atoms with Gasteiger partial charge in [-0.25, -0.2) is 4.79 Å². The van der Waals surface area contributed by atoms with Crippen molar-refractivity contribution in [2.75, 3.05) is 11.5 Å². The number of carbonyl (C=O) groups is 1. The minimum absolute atomic E-state index is 0.000198. The number of aromatic nitrogens is 2. The van der Waals surface area contributed by atoms with Crippen molar-refractivity contribution in [2.24, 2.45) is 0 Å². The predicted molar refractivity (Wildman–Crippen MR) is 110 cm³/mol. The number of fused-ring (bicyclic) bond motifs is 1. The van der Waals surface area contributed by atoms with Crippen LogP contribution in [-0.4, -0.2) is 38.8 Å². The van der Waals surface area contributed by atoms with Crippen LogP contribution in [0.25, 0.3) is 0 Å². The molecule has 0 radical (unpaired) electrons. The molecule has 1 aromatic heterocycles. The van der Waals surface area contributed by atoms with Crippen LogP contribution in [0.2, 0.25) is 5.02 Å². The third-order valence-corrected chi connectivity index (χ3v) is 5.75. The molecule has 4 rings (SSSR count). The van der Waals surface area contributed by atoms with Crippen molar-refractivity contribution in [3.8, 4) is 6.01 Å². The average molecular weight is 435 g/mol. The summed E-state index contributed by atoms with van der Waals surface area (Å²) >= 11 is 6.01. The molecule has 0 spiro atoms. The summed E-state index contributed by atoms with van der Waals surface area (Å²) in [7, 11) is 0. The van der Waals surface area contributed by atoms with Crippen molar-refractivity contribution in [3.63, 3.8) is 0 Å². The SMILES string of the molecule is CC1(COC(=O)N(c2ccc(Cl)cc2)C2CCCCC2)Cn2cc([N+](=O)[O-])nc2O1. The number of hydrogen-bond donors (Lipinski definition) is 0. The minimum Gasteiger partial charge on any atom is -0.445 e. The van der Waals surface area contributed by atoms with Gasteiger partial charge in [0.25, 0.3) is 0 Å². The van der Waals surface area contributed by atoms with E-state index < -0.39 is 16.6 Å². The molecule has 2 aliphatic rings. The zero-order valence-electron chi connectivity index (χ0n) is 16.6. The first kappa shape index (κ1) is 20.5. The number of ether oxygens (including phenoxy) is 2. The molecule has 1 aliphatic carbocycles. The summed E-state index contributed by atoms with van der Waals surface area (Å²) < 4.78 is 13.0. The number of benzene rings is 1. The van der Waals surface area contributed by atoms with E-state index in [0.717, 1.165) is 31.4 Å². The predicted octanol–water partition coefficient (Wildman–Crippen LogP) is 4.57. The lowest BCUT2D eigenvalue weighted by Crippen LogP contribution is -2.45. The molecular formula is C20H23ClN4O5. The molecule has 2 heterocycles. The first-order chi connectivity index (χ1) is 14.3. The van der Waals surface area contributed by atoms with Gasteiger partial charge in [0.2, 0.25) is 0 Å². The van der Waals surface area contributed by atoms with Crippen molar-refractivity contribution in [1.82, 2.24) is 9.55 Å². The van der Waals surface area contributed by atoms with Crippen LogP contribution in [0.15, 0.2) is 30.5 Å². The average Bonchev–Trinajstić information content (AvgIpc) is 3.25. The molecule has 0 N–H and O–H groups in total. The number of halogens is 1. The molecule has 1 atom stereocenters. The maximum atomic E-state index is 13.1. The van der Waals surface area contributed by atoms with Crippen LogP contribution in [0.4, 0.5) is 16.3 Å². The summed E-state index contributed by atoms with van der Waals surface area (Å²) in [6.45, 7) is 2.09. The second kappa shape index (κ2) is 8.14. The Bertz CT molecular complexity index is 916. The number of nitrogens with zero attached hydrogens (tertiary/aromatic N) is 4. The van der Waals surface area contributed by atoms with Crippen LogP contribution in [0.3, 0.4) is 0 Å². The molecule has 0 bridgehead atoms. The quantitative estimate of drug-likeness (QED) is 0.504. The summed E-state index contributed by atoms with van der Waals surface area (Å²) in [5.74, 6) is -0.268. The Morgan fingerprint density at radius 2 is 2.07 bits per heavy atom. The number of imidazole rings is 1. The fourth-order valence-corrected chi connectivity index (χ4v) is 4.17. The molecule has 160 valence electrons. The number of rotatable bonds is 5. The van der Waals surface area contributed by atoms with Gasteiger partial charge in [0.1, 0.15) is 12.8 Å². The standard InChI is InChI=1S/C20H23ClN4O5/c1-20(12-23-11-17(25(27)28)22-18(23)30-20)13-29-19(26)24(15-5-3-2-4-6-15)16-9-7-14(21)8-10-16/h7-11,15H,2-6,12-13H2,1H3. The van der Waals surface area contributed by atoms with Gasteiger partial charge >= 0.3 is 17.9 Å². The zero-order chi connectivity index (χ0) is 21.3. The number of hydrogen-bond acceptors (Lipinski definition) is 6. The second-order valence-corrected chi connectivity index (χ2v) is 8.45. The zero-order valence-corrected chi connectivity index (χ0v) is 17.4. The number of amides is 1. The van der Waals surface area contributed by atoms with Gasteiger partial charge in [0, 0.05) is 21.7 Å². The summed E-state index contributed by atoms with van der Waals surface area (Å²) in [5, 5.41) is 11.5. The van der Waals surface area contributed by atoms with Gasteiger partial charge in [-0.1, -0.05) is 30.9 Å². The summed E-state index contributed by atoms with van der Waals surface area (Å²) in [4.78, 5) is 28.9. The molecule has 0 saturated heterocycles. The topological polar surface area (TPSA) is 99.7 Å². The molecular weight excluding hydrogens is 412 g/mol. The third-order valence-electron chi connectivity index (χ3n) is 5.50. The van der Waals surface area contributed by atoms with Crippen molar-refractivity contribution in [3.05, 3.63) is 45.6 Å². The fourth-order valence-electron chi connectivity index (χ4n) is 4.05. The molecule has 9 nitrogen and oxygen atoms in total. The van der Waals surface area contributed by atoms with Crippen LogP contribution < -0.4 is 9.64 Å². The summed E-state index contributed by atoms with van der Waals surface area (Å²) in [6, 6.07) is 7.38. The minimum atomic E-state index is -0.842. The van der Waals surface area contributed by atoms with Gasteiger partial charge in [-0.2, -0.15) is 0 Å². The van der Waals surface area contributed by atoms with Gasteiger partial charge in [0.15, 0.2) is 5.60 Å². The number of carbonyl (C=O) groups excluding carboxylic acids is 1. The number of anilines is 1. The Kier molecular flexibility index (Phi) is 5.55. The lowest BCUT2D eigenvalue weighted by Gasteiger charge is -2.34. The monoisotopic (exact) mass is 434 g/mol. The second-order valence-electron chi connectivity index (χ2n) is 8.01. The Balaban J connectivity index is 1.45. The van der Waals surface area contributed by atoms with Gasteiger partial charge in [0.05, 0.1) is 6.54 Å². The maximum absolute atomic E-state index is 13.1. The Labute approximate surface area is 178 Å². The van der Waals surface area contributed by atoms with Gasteiger partial charge in [-0.05, 0) is 49.0 Å². The highest BCUT2D eigenvalue weighted by Gasteiger charge is 2.42. The van der Waals surface area contributed by atoms with Crippen LogP contribution in [0.5, 0.6) is 6.01 Å². The highest BCUT2D eigenvalue weighted by atomic mass is 35.5. The van der Waals surface area contributed by atoms with Crippen molar-refractivity contribution in [2.45, 2.75) is 57.2 Å². The molecule has 1 fully saturated rings. The van der Waals surface area contributed by atoms with E-state index in [0.29, 0.717) is 11.6 Å². The normalized spacial score (nSPS) is 21.0. The third kappa shape index (κ3) is 4.21. The smallest absolute Gasteiger partial charge is 0.415 e. The first-order valence-electron chi connectivity index (χ1n) is 9.97. The summed E-state index contributed by atoms with van der Waals surface area (Å²) in [5.41, 5.74) is -0.0944. The van der Waals surface area contributed by atoms with Crippen LogP contribution in [0.1, 0.15) is 39.0 Å². The molecule has 1 aliphatic heterocycles. The van der Waals surface area contributed by atoms with E-state index in [1.54, 1.807) is 28.5 Å². The summed E-state index contributed by atoms with van der Waals surface area (Å²) in [6.07, 6.45) is 6.04. The lowest BCUT2D eigenvalue weighted by atomic mass is 9.94. The van der Waals surface area contributed by atoms with Crippen LogP contribution >= 0.6 is 11.6 Å². The lowest BCUT2D eigenvalue weighted by molar-refractivity contribution is -0.389. The highest BCUT2D eigenvalue weighted by molar-refractivity contribution is 6.30. The van der Waals surface area contributed by atoms with Gasteiger partial charge in [-0.3, -0.25) is 9.47 Å². The first-order valence-corrected chi connectivity index (χ1v) is 10.3. The van der Waals surface area contributed by atoms with E-state index in [2.05, 4.69) is 4.98 Å².